The largest absolute Gasteiger partial charge is 0.335 e. The number of nitrogens with zero attached hydrogens (tertiary/aromatic N) is 1. The molecule has 1 aromatic rings. The Balaban J connectivity index is 2.10. The zero-order chi connectivity index (χ0) is 13.0. The summed E-state index contributed by atoms with van der Waals surface area (Å²) in [5.41, 5.74) is 0. The molecule has 1 amide bonds. The molecule has 0 radical (unpaired) electrons. The van der Waals surface area contributed by atoms with Crippen molar-refractivity contribution in [3.05, 3.63) is 16.3 Å². The number of thiol groups is 1. The minimum absolute atomic E-state index is 0.175. The summed E-state index contributed by atoms with van der Waals surface area (Å²) in [6.07, 6.45) is 3.13. The predicted molar refractivity (Wildman–Crippen MR) is 78.8 cm³/mol. The molecule has 0 spiro atoms. The number of piperidine rings is 1. The first-order valence-electron chi connectivity index (χ1n) is 6.51. The summed E-state index contributed by atoms with van der Waals surface area (Å²) < 4.78 is 0. The van der Waals surface area contributed by atoms with E-state index in [1.54, 1.807) is 0 Å². The summed E-state index contributed by atoms with van der Waals surface area (Å²) in [4.78, 5) is 16.3. The maximum atomic E-state index is 12.5. The molecule has 1 fully saturated rings. The van der Waals surface area contributed by atoms with Crippen LogP contribution in [-0.4, -0.2) is 36.5 Å². The zero-order valence-corrected chi connectivity index (χ0v) is 12.4. The van der Waals surface area contributed by atoms with Gasteiger partial charge in [-0.1, -0.05) is 6.92 Å². The molecule has 1 aromatic heterocycles. The second kappa shape index (κ2) is 6.59. The average Bonchev–Trinajstić information content (AvgIpc) is 2.83. The fourth-order valence-electron chi connectivity index (χ4n) is 2.39. The molecule has 0 aromatic carbocycles. The summed E-state index contributed by atoms with van der Waals surface area (Å²) in [7, 11) is 0. The lowest BCUT2D eigenvalue weighted by atomic mass is 10.0. The summed E-state index contributed by atoms with van der Waals surface area (Å²) in [5.74, 6) is 0.175. The molecule has 100 valence electrons. The summed E-state index contributed by atoms with van der Waals surface area (Å²) >= 11 is 5.77. The Kier molecular flexibility index (Phi) is 5.09. The van der Waals surface area contributed by atoms with Crippen molar-refractivity contribution in [1.29, 1.82) is 0 Å². The van der Waals surface area contributed by atoms with Crippen LogP contribution in [0, 0.1) is 0 Å². The van der Waals surface area contributed by atoms with E-state index in [9.17, 15) is 4.79 Å². The minimum Gasteiger partial charge on any atom is -0.335 e. The predicted octanol–water partition coefficient (Wildman–Crippen LogP) is 2.64. The van der Waals surface area contributed by atoms with Gasteiger partial charge >= 0.3 is 0 Å². The van der Waals surface area contributed by atoms with Crippen LogP contribution in [0.5, 0.6) is 0 Å². The average molecular weight is 284 g/mol. The lowest BCUT2D eigenvalue weighted by Crippen LogP contribution is -2.46. The van der Waals surface area contributed by atoms with Crippen LogP contribution in [-0.2, 0) is 0 Å². The summed E-state index contributed by atoms with van der Waals surface area (Å²) in [6, 6.07) is 2.27. The molecule has 0 atom stereocenters. The van der Waals surface area contributed by atoms with Gasteiger partial charge in [0.05, 0.1) is 4.88 Å². The van der Waals surface area contributed by atoms with Crippen molar-refractivity contribution >= 4 is 29.9 Å². The number of carbonyl (C=O) groups is 1. The van der Waals surface area contributed by atoms with Crippen LogP contribution in [0.25, 0.3) is 0 Å². The van der Waals surface area contributed by atoms with Crippen molar-refractivity contribution in [2.45, 2.75) is 37.1 Å². The Hall–Kier alpha value is -0.520. The van der Waals surface area contributed by atoms with Crippen molar-refractivity contribution in [3.63, 3.8) is 0 Å². The second-order valence-corrected chi connectivity index (χ2v) is 6.08. The van der Waals surface area contributed by atoms with Crippen LogP contribution in [0.1, 0.15) is 35.9 Å². The molecule has 5 heteroatoms. The lowest BCUT2D eigenvalue weighted by Gasteiger charge is -2.34. The fraction of sp³-hybridized carbons (Fsp3) is 0.615. The van der Waals surface area contributed by atoms with E-state index in [0.29, 0.717) is 6.04 Å². The number of hydrogen-bond donors (Lipinski definition) is 2. The lowest BCUT2D eigenvalue weighted by molar-refractivity contribution is 0.0647. The van der Waals surface area contributed by atoms with Crippen LogP contribution in [0.15, 0.2) is 16.3 Å². The van der Waals surface area contributed by atoms with Gasteiger partial charge in [-0.25, -0.2) is 0 Å². The first kappa shape index (κ1) is 13.9. The van der Waals surface area contributed by atoms with E-state index < -0.39 is 0 Å². The SMILES string of the molecule is CCCN(C(=O)c1cc(S)cs1)C1CCNCC1. The van der Waals surface area contributed by atoms with Crippen molar-refractivity contribution in [1.82, 2.24) is 10.2 Å². The molecular weight excluding hydrogens is 264 g/mol. The third kappa shape index (κ3) is 3.28. The van der Waals surface area contributed by atoms with Gasteiger partial charge in [-0.3, -0.25) is 4.79 Å². The van der Waals surface area contributed by atoms with Gasteiger partial charge in [-0.05, 0) is 38.4 Å². The normalized spacial score (nSPS) is 16.8. The monoisotopic (exact) mass is 284 g/mol. The smallest absolute Gasteiger partial charge is 0.264 e. The van der Waals surface area contributed by atoms with Crippen LogP contribution in [0.3, 0.4) is 0 Å². The van der Waals surface area contributed by atoms with Crippen molar-refractivity contribution < 1.29 is 4.79 Å². The van der Waals surface area contributed by atoms with Gasteiger partial charge in [-0.2, -0.15) is 0 Å². The van der Waals surface area contributed by atoms with Crippen LogP contribution >= 0.6 is 24.0 Å². The standard InChI is InChI=1S/C13H20N2OS2/c1-2-7-15(10-3-5-14-6-4-10)13(16)12-8-11(17)9-18-12/h8-10,14,17H,2-7H2,1H3. The Morgan fingerprint density at radius 1 is 1.56 bits per heavy atom. The Morgan fingerprint density at radius 2 is 2.28 bits per heavy atom. The van der Waals surface area contributed by atoms with E-state index in [-0.39, 0.29) is 5.91 Å². The van der Waals surface area contributed by atoms with Gasteiger partial charge in [0.1, 0.15) is 0 Å². The van der Waals surface area contributed by atoms with Crippen molar-refractivity contribution in [2.24, 2.45) is 0 Å². The highest BCUT2D eigenvalue weighted by atomic mass is 32.1. The number of amides is 1. The van der Waals surface area contributed by atoms with Crippen LogP contribution < -0.4 is 5.32 Å². The molecule has 1 aliphatic heterocycles. The number of rotatable bonds is 4. The van der Waals surface area contributed by atoms with E-state index in [0.717, 1.165) is 48.7 Å². The first-order chi connectivity index (χ1) is 8.72. The third-order valence-corrected chi connectivity index (χ3v) is 4.62. The summed E-state index contributed by atoms with van der Waals surface area (Å²) in [5, 5.41) is 5.27. The quantitative estimate of drug-likeness (QED) is 0.833. The van der Waals surface area contributed by atoms with Gasteiger partial charge in [0.25, 0.3) is 5.91 Å². The molecule has 0 unspecified atom stereocenters. The molecule has 3 nitrogen and oxygen atoms in total. The van der Waals surface area contributed by atoms with E-state index >= 15 is 0 Å². The highest BCUT2D eigenvalue weighted by molar-refractivity contribution is 7.80. The topological polar surface area (TPSA) is 32.3 Å². The number of carbonyl (C=O) groups excluding carboxylic acids is 1. The molecule has 1 aliphatic rings. The molecule has 0 aliphatic carbocycles. The molecule has 1 saturated heterocycles. The Labute approximate surface area is 118 Å². The van der Waals surface area contributed by atoms with Gasteiger partial charge < -0.3 is 10.2 Å². The maximum absolute atomic E-state index is 12.5. The maximum Gasteiger partial charge on any atom is 0.264 e. The van der Waals surface area contributed by atoms with Crippen molar-refractivity contribution in [2.75, 3.05) is 19.6 Å². The minimum atomic E-state index is 0.175. The highest BCUT2D eigenvalue weighted by Crippen LogP contribution is 2.22. The van der Waals surface area contributed by atoms with Crippen LogP contribution in [0.2, 0.25) is 0 Å². The van der Waals surface area contributed by atoms with Gasteiger partial charge in [-0.15, -0.1) is 24.0 Å². The van der Waals surface area contributed by atoms with E-state index in [1.165, 1.54) is 11.3 Å². The van der Waals surface area contributed by atoms with Crippen molar-refractivity contribution in [3.8, 4) is 0 Å². The van der Waals surface area contributed by atoms with Gasteiger partial charge in [0.2, 0.25) is 0 Å². The number of thiophene rings is 1. The van der Waals surface area contributed by atoms with Gasteiger partial charge in [0, 0.05) is 22.9 Å². The van der Waals surface area contributed by atoms with E-state index in [2.05, 4.69) is 29.8 Å². The molecule has 2 heterocycles. The second-order valence-electron chi connectivity index (χ2n) is 4.65. The third-order valence-electron chi connectivity index (χ3n) is 3.27. The van der Waals surface area contributed by atoms with Gasteiger partial charge in [0.15, 0.2) is 0 Å². The highest BCUT2D eigenvalue weighted by Gasteiger charge is 2.26. The number of hydrogen-bond acceptors (Lipinski definition) is 4. The molecule has 0 saturated carbocycles. The van der Waals surface area contributed by atoms with Crippen LogP contribution in [0.4, 0.5) is 0 Å². The number of nitrogens with one attached hydrogen (secondary N) is 1. The molecule has 2 rings (SSSR count). The molecule has 18 heavy (non-hydrogen) atoms. The molecule has 1 N–H and O–H groups in total. The van der Waals surface area contributed by atoms with E-state index in [4.69, 9.17) is 0 Å². The molecular formula is C13H20N2OS2. The zero-order valence-electron chi connectivity index (χ0n) is 10.7. The Morgan fingerprint density at radius 3 is 2.83 bits per heavy atom. The summed E-state index contributed by atoms with van der Waals surface area (Å²) in [6.45, 7) is 5.00. The first-order valence-corrected chi connectivity index (χ1v) is 7.84. The fourth-order valence-corrected chi connectivity index (χ4v) is 3.49. The van der Waals surface area contributed by atoms with E-state index in [1.807, 2.05) is 11.4 Å². The molecule has 0 bridgehead atoms. The Bertz CT molecular complexity index is 399.